The van der Waals surface area contributed by atoms with Crippen molar-refractivity contribution in [2.24, 2.45) is 0 Å². The summed E-state index contributed by atoms with van der Waals surface area (Å²) in [7, 11) is 1.88. The Kier molecular flexibility index (Phi) is 2.56. The Morgan fingerprint density at radius 3 is 2.71 bits per heavy atom. The van der Waals surface area contributed by atoms with Gasteiger partial charge in [0, 0.05) is 25.5 Å². The van der Waals surface area contributed by atoms with Crippen molar-refractivity contribution >= 4 is 17.2 Å². The number of thiophene rings is 1. The molecule has 1 aromatic rings. The monoisotopic (exact) mass is 210 g/mol. The van der Waals surface area contributed by atoms with Gasteiger partial charge in [0.25, 0.3) is 5.91 Å². The molecule has 1 amide bonds. The topological polar surface area (TPSA) is 32.3 Å². The molecule has 1 aliphatic rings. The van der Waals surface area contributed by atoms with Crippen LogP contribution in [0.1, 0.15) is 15.9 Å². The second kappa shape index (κ2) is 3.71. The minimum atomic E-state index is 0.148. The van der Waals surface area contributed by atoms with Crippen LogP contribution in [0.15, 0.2) is 10.8 Å². The smallest absolute Gasteiger partial charge is 0.255 e. The summed E-state index contributed by atoms with van der Waals surface area (Å²) < 4.78 is 0. The van der Waals surface area contributed by atoms with Gasteiger partial charge in [-0.05, 0) is 17.9 Å². The standard InChI is InChI=1S/C10H14N2OS/c1-7-5-14-6-9(7)10(13)12(2)8-3-11-4-8/h5-6,8,11H,3-4H2,1-2H3. The van der Waals surface area contributed by atoms with Crippen LogP contribution >= 0.6 is 11.3 Å². The largest absolute Gasteiger partial charge is 0.336 e. The van der Waals surface area contributed by atoms with Crippen molar-refractivity contribution in [3.63, 3.8) is 0 Å². The third-order valence-corrected chi connectivity index (χ3v) is 3.58. The fraction of sp³-hybridized carbons (Fsp3) is 0.500. The van der Waals surface area contributed by atoms with Crippen LogP contribution < -0.4 is 5.32 Å². The number of amides is 1. The average molecular weight is 210 g/mol. The minimum absolute atomic E-state index is 0.148. The summed E-state index contributed by atoms with van der Waals surface area (Å²) in [6, 6.07) is 0.377. The fourth-order valence-corrected chi connectivity index (χ4v) is 2.30. The Hall–Kier alpha value is -0.870. The van der Waals surface area contributed by atoms with Gasteiger partial charge in [-0.2, -0.15) is 11.3 Å². The predicted octanol–water partition coefficient (Wildman–Crippen LogP) is 1.10. The van der Waals surface area contributed by atoms with E-state index in [9.17, 15) is 4.79 Å². The first-order valence-corrected chi connectivity index (χ1v) is 5.65. The van der Waals surface area contributed by atoms with E-state index in [1.165, 1.54) is 0 Å². The van der Waals surface area contributed by atoms with Crippen LogP contribution in [0.25, 0.3) is 0 Å². The molecule has 1 N–H and O–H groups in total. The van der Waals surface area contributed by atoms with Crippen LogP contribution in [-0.2, 0) is 0 Å². The number of aryl methyl sites for hydroxylation is 1. The highest BCUT2D eigenvalue weighted by molar-refractivity contribution is 7.08. The molecular weight excluding hydrogens is 196 g/mol. The number of carbonyl (C=O) groups excluding carboxylic acids is 1. The van der Waals surface area contributed by atoms with Crippen LogP contribution in [0.5, 0.6) is 0 Å². The van der Waals surface area contributed by atoms with Crippen molar-refractivity contribution in [1.29, 1.82) is 0 Å². The third kappa shape index (κ3) is 1.55. The van der Waals surface area contributed by atoms with Gasteiger partial charge in [0.15, 0.2) is 0 Å². The number of nitrogens with zero attached hydrogens (tertiary/aromatic N) is 1. The molecule has 0 saturated carbocycles. The summed E-state index contributed by atoms with van der Waals surface area (Å²) in [5.41, 5.74) is 1.93. The molecule has 0 unspecified atom stereocenters. The van der Waals surface area contributed by atoms with Gasteiger partial charge in [0.2, 0.25) is 0 Å². The normalized spacial score (nSPS) is 16.4. The number of likely N-dealkylation sites (N-methyl/N-ethyl adjacent to an activating group) is 1. The second-order valence-electron chi connectivity index (χ2n) is 3.70. The van der Waals surface area contributed by atoms with E-state index in [1.54, 1.807) is 11.3 Å². The molecule has 0 atom stereocenters. The molecule has 76 valence electrons. The van der Waals surface area contributed by atoms with E-state index in [1.807, 2.05) is 29.6 Å². The summed E-state index contributed by atoms with van der Waals surface area (Å²) in [5, 5.41) is 7.11. The first-order valence-electron chi connectivity index (χ1n) is 4.71. The minimum Gasteiger partial charge on any atom is -0.336 e. The van der Waals surface area contributed by atoms with Crippen molar-refractivity contribution in [2.45, 2.75) is 13.0 Å². The Morgan fingerprint density at radius 2 is 2.29 bits per heavy atom. The Balaban J connectivity index is 2.11. The molecule has 3 nitrogen and oxygen atoms in total. The zero-order valence-electron chi connectivity index (χ0n) is 8.41. The van der Waals surface area contributed by atoms with Gasteiger partial charge in [0.1, 0.15) is 0 Å². The van der Waals surface area contributed by atoms with Gasteiger partial charge < -0.3 is 10.2 Å². The van der Waals surface area contributed by atoms with E-state index in [-0.39, 0.29) is 5.91 Å². The zero-order chi connectivity index (χ0) is 10.1. The number of hydrogen-bond donors (Lipinski definition) is 1. The molecule has 14 heavy (non-hydrogen) atoms. The van der Waals surface area contributed by atoms with Crippen molar-refractivity contribution in [1.82, 2.24) is 10.2 Å². The van der Waals surface area contributed by atoms with E-state index in [0.29, 0.717) is 6.04 Å². The Bertz CT molecular complexity index is 344. The molecule has 0 spiro atoms. The maximum Gasteiger partial charge on any atom is 0.255 e. The van der Waals surface area contributed by atoms with Crippen LogP contribution in [0.3, 0.4) is 0 Å². The van der Waals surface area contributed by atoms with E-state index in [2.05, 4.69) is 5.32 Å². The summed E-state index contributed by atoms with van der Waals surface area (Å²) in [6.07, 6.45) is 0. The van der Waals surface area contributed by atoms with Crippen molar-refractivity contribution in [3.05, 3.63) is 21.9 Å². The highest BCUT2D eigenvalue weighted by Crippen LogP contribution is 2.17. The lowest BCUT2D eigenvalue weighted by molar-refractivity contribution is 0.0681. The zero-order valence-corrected chi connectivity index (χ0v) is 9.23. The Labute approximate surface area is 87.7 Å². The highest BCUT2D eigenvalue weighted by Gasteiger charge is 2.26. The van der Waals surface area contributed by atoms with Crippen molar-refractivity contribution < 1.29 is 4.79 Å². The van der Waals surface area contributed by atoms with Gasteiger partial charge in [-0.1, -0.05) is 0 Å². The molecule has 0 aromatic carbocycles. The van der Waals surface area contributed by atoms with Crippen LogP contribution in [-0.4, -0.2) is 37.0 Å². The van der Waals surface area contributed by atoms with Gasteiger partial charge in [-0.15, -0.1) is 0 Å². The van der Waals surface area contributed by atoms with E-state index >= 15 is 0 Å². The van der Waals surface area contributed by atoms with Gasteiger partial charge in [-0.25, -0.2) is 0 Å². The first-order chi connectivity index (χ1) is 6.70. The molecule has 0 aliphatic carbocycles. The lowest BCUT2D eigenvalue weighted by Gasteiger charge is -2.35. The fourth-order valence-electron chi connectivity index (χ4n) is 1.48. The molecule has 0 radical (unpaired) electrons. The van der Waals surface area contributed by atoms with Crippen molar-refractivity contribution in [2.75, 3.05) is 20.1 Å². The summed E-state index contributed by atoms with van der Waals surface area (Å²) in [6.45, 7) is 3.83. The quantitative estimate of drug-likeness (QED) is 0.793. The molecule has 2 rings (SSSR count). The molecule has 0 bridgehead atoms. The van der Waals surface area contributed by atoms with E-state index in [0.717, 1.165) is 24.2 Å². The molecular formula is C10H14N2OS. The second-order valence-corrected chi connectivity index (χ2v) is 4.44. The Morgan fingerprint density at radius 1 is 1.57 bits per heavy atom. The van der Waals surface area contributed by atoms with Crippen LogP contribution in [0.4, 0.5) is 0 Å². The maximum absolute atomic E-state index is 12.0. The van der Waals surface area contributed by atoms with E-state index < -0.39 is 0 Å². The third-order valence-electron chi connectivity index (χ3n) is 2.71. The molecule has 2 heterocycles. The predicted molar refractivity (Wildman–Crippen MR) is 57.8 cm³/mol. The lowest BCUT2D eigenvalue weighted by Crippen LogP contribution is -2.57. The number of hydrogen-bond acceptors (Lipinski definition) is 3. The van der Waals surface area contributed by atoms with Gasteiger partial charge >= 0.3 is 0 Å². The average Bonchev–Trinajstić information content (AvgIpc) is 2.47. The van der Waals surface area contributed by atoms with Crippen LogP contribution in [0, 0.1) is 6.92 Å². The summed E-state index contributed by atoms with van der Waals surface area (Å²) >= 11 is 1.59. The summed E-state index contributed by atoms with van der Waals surface area (Å²) in [4.78, 5) is 13.8. The maximum atomic E-state index is 12.0. The molecule has 1 aliphatic heterocycles. The van der Waals surface area contributed by atoms with Gasteiger partial charge in [0.05, 0.1) is 11.6 Å². The highest BCUT2D eigenvalue weighted by atomic mass is 32.1. The first kappa shape index (κ1) is 9.68. The van der Waals surface area contributed by atoms with Crippen LogP contribution in [0.2, 0.25) is 0 Å². The number of carbonyl (C=O) groups is 1. The van der Waals surface area contributed by atoms with Crippen molar-refractivity contribution in [3.8, 4) is 0 Å². The van der Waals surface area contributed by atoms with Gasteiger partial charge in [-0.3, -0.25) is 4.79 Å². The summed E-state index contributed by atoms with van der Waals surface area (Å²) in [5.74, 6) is 0.148. The number of rotatable bonds is 2. The van der Waals surface area contributed by atoms with E-state index in [4.69, 9.17) is 0 Å². The number of nitrogens with one attached hydrogen (secondary N) is 1. The lowest BCUT2D eigenvalue weighted by atomic mass is 10.1. The molecule has 1 fully saturated rings. The molecule has 1 aromatic heterocycles. The molecule has 4 heteroatoms. The molecule has 1 saturated heterocycles. The SMILES string of the molecule is Cc1cscc1C(=O)N(C)C1CNC1.